The largest absolute Gasteiger partial charge is 0.338 e. The molecule has 1 saturated heterocycles. The van der Waals surface area contributed by atoms with Crippen LogP contribution in [0.2, 0.25) is 0 Å². The Bertz CT molecular complexity index is 285. The molecule has 1 amide bonds. The van der Waals surface area contributed by atoms with Gasteiger partial charge in [-0.05, 0) is 19.8 Å². The molecule has 0 aliphatic carbocycles. The summed E-state index contributed by atoms with van der Waals surface area (Å²) in [5, 5.41) is 0. The molecule has 1 aliphatic heterocycles. The summed E-state index contributed by atoms with van der Waals surface area (Å²) in [6, 6.07) is 0. The summed E-state index contributed by atoms with van der Waals surface area (Å²) >= 11 is 0. The molecule has 0 bridgehead atoms. The minimum Gasteiger partial charge on any atom is -0.338 e. The van der Waals surface area contributed by atoms with Crippen molar-refractivity contribution in [3.8, 4) is 0 Å². The zero-order valence-corrected chi connectivity index (χ0v) is 9.04. The molecular formula is C11H17NO2. The zero-order valence-electron chi connectivity index (χ0n) is 9.04. The van der Waals surface area contributed by atoms with Crippen LogP contribution in [-0.2, 0) is 9.59 Å². The predicted octanol–water partition coefficient (Wildman–Crippen LogP) is 1.25. The number of amides is 1. The molecule has 0 aromatic heterocycles. The van der Waals surface area contributed by atoms with Crippen LogP contribution in [0.5, 0.6) is 0 Å². The van der Waals surface area contributed by atoms with Crippen LogP contribution in [0.1, 0.15) is 20.8 Å². The van der Waals surface area contributed by atoms with Crippen LogP contribution in [0.15, 0.2) is 12.7 Å². The van der Waals surface area contributed by atoms with Crippen LogP contribution < -0.4 is 0 Å². The van der Waals surface area contributed by atoms with Crippen molar-refractivity contribution in [3.05, 3.63) is 12.7 Å². The molecule has 1 heterocycles. The Morgan fingerprint density at radius 2 is 2.36 bits per heavy atom. The van der Waals surface area contributed by atoms with Gasteiger partial charge in [0.15, 0.2) is 0 Å². The fraction of sp³-hybridized carbons (Fsp3) is 0.636. The second-order valence-electron chi connectivity index (χ2n) is 4.16. The third-order valence-electron chi connectivity index (χ3n) is 3.29. The van der Waals surface area contributed by atoms with Gasteiger partial charge in [0.2, 0.25) is 5.91 Å². The second kappa shape index (κ2) is 3.56. The molecule has 3 nitrogen and oxygen atoms in total. The van der Waals surface area contributed by atoms with Crippen molar-refractivity contribution in [3.63, 3.8) is 0 Å². The van der Waals surface area contributed by atoms with Crippen molar-refractivity contribution in [1.82, 2.24) is 4.90 Å². The van der Waals surface area contributed by atoms with Crippen LogP contribution >= 0.6 is 0 Å². The summed E-state index contributed by atoms with van der Waals surface area (Å²) < 4.78 is 0. The van der Waals surface area contributed by atoms with Crippen molar-refractivity contribution in [1.29, 1.82) is 0 Å². The van der Waals surface area contributed by atoms with Gasteiger partial charge in [0.05, 0.1) is 0 Å². The van der Waals surface area contributed by atoms with E-state index in [1.807, 2.05) is 6.92 Å². The van der Waals surface area contributed by atoms with E-state index in [9.17, 15) is 9.59 Å². The number of carbonyl (C=O) groups excluding carboxylic acids is 2. The van der Waals surface area contributed by atoms with Gasteiger partial charge in [-0.3, -0.25) is 9.59 Å². The van der Waals surface area contributed by atoms with E-state index in [0.717, 1.165) is 0 Å². The second-order valence-corrected chi connectivity index (χ2v) is 4.16. The Morgan fingerprint density at radius 3 is 2.71 bits per heavy atom. The number of hydrogen-bond acceptors (Lipinski definition) is 2. The van der Waals surface area contributed by atoms with Crippen LogP contribution in [-0.4, -0.2) is 29.7 Å². The minimum absolute atomic E-state index is 0.0402. The number of nitrogens with zero attached hydrogens (tertiary/aromatic N) is 1. The summed E-state index contributed by atoms with van der Waals surface area (Å²) in [5.41, 5.74) is -0.816. The lowest BCUT2D eigenvalue weighted by atomic mass is 9.77. The van der Waals surface area contributed by atoms with Gasteiger partial charge in [0.1, 0.15) is 11.2 Å². The van der Waals surface area contributed by atoms with Crippen LogP contribution in [0.4, 0.5) is 0 Å². The molecule has 0 radical (unpaired) electrons. The Balaban J connectivity index is 2.95. The first-order valence-electron chi connectivity index (χ1n) is 4.86. The molecule has 1 fully saturated rings. The lowest BCUT2D eigenvalue weighted by molar-refractivity contribution is -0.143. The molecule has 0 N–H and O–H groups in total. The van der Waals surface area contributed by atoms with Gasteiger partial charge in [-0.1, -0.05) is 13.0 Å². The lowest BCUT2D eigenvalue weighted by Gasteiger charge is -2.22. The van der Waals surface area contributed by atoms with Gasteiger partial charge in [-0.2, -0.15) is 0 Å². The Hall–Kier alpha value is -1.12. The molecular weight excluding hydrogens is 178 g/mol. The molecule has 0 spiro atoms. The summed E-state index contributed by atoms with van der Waals surface area (Å²) in [5.74, 6) is -0.00795. The van der Waals surface area contributed by atoms with E-state index in [1.54, 1.807) is 17.9 Å². The Morgan fingerprint density at radius 1 is 1.79 bits per heavy atom. The molecule has 3 heteroatoms. The number of hydrogen-bond donors (Lipinski definition) is 0. The maximum absolute atomic E-state index is 11.9. The molecule has 2 atom stereocenters. The highest BCUT2D eigenvalue weighted by Gasteiger charge is 2.51. The average Bonchev–Trinajstić information content (AvgIpc) is 2.32. The van der Waals surface area contributed by atoms with Gasteiger partial charge in [0.25, 0.3) is 0 Å². The van der Waals surface area contributed by atoms with E-state index in [1.165, 1.54) is 6.92 Å². The third kappa shape index (κ3) is 1.37. The van der Waals surface area contributed by atoms with E-state index in [0.29, 0.717) is 13.1 Å². The van der Waals surface area contributed by atoms with Crippen molar-refractivity contribution in [2.24, 2.45) is 11.3 Å². The van der Waals surface area contributed by atoms with E-state index < -0.39 is 5.41 Å². The number of ketones is 1. The molecule has 0 aromatic carbocycles. The molecule has 1 aliphatic rings. The topological polar surface area (TPSA) is 37.4 Å². The highest BCUT2D eigenvalue weighted by Crippen LogP contribution is 2.37. The Kier molecular flexibility index (Phi) is 2.79. The molecule has 78 valence electrons. The van der Waals surface area contributed by atoms with Gasteiger partial charge < -0.3 is 4.90 Å². The molecule has 0 aromatic rings. The normalized spacial score (nSPS) is 32.1. The van der Waals surface area contributed by atoms with Gasteiger partial charge in [-0.25, -0.2) is 0 Å². The average molecular weight is 195 g/mol. The number of likely N-dealkylation sites (tertiary alicyclic amines) is 1. The highest BCUT2D eigenvalue weighted by atomic mass is 16.2. The van der Waals surface area contributed by atoms with Crippen molar-refractivity contribution < 1.29 is 9.59 Å². The summed E-state index contributed by atoms with van der Waals surface area (Å²) in [7, 11) is 0. The lowest BCUT2D eigenvalue weighted by Crippen LogP contribution is -2.39. The van der Waals surface area contributed by atoms with E-state index in [4.69, 9.17) is 0 Å². The van der Waals surface area contributed by atoms with Crippen LogP contribution in [0.25, 0.3) is 0 Å². The summed E-state index contributed by atoms with van der Waals surface area (Å²) in [4.78, 5) is 25.1. The fourth-order valence-electron chi connectivity index (χ4n) is 1.95. The minimum atomic E-state index is -0.816. The van der Waals surface area contributed by atoms with Crippen molar-refractivity contribution in [2.75, 3.05) is 13.1 Å². The maximum atomic E-state index is 11.9. The maximum Gasteiger partial charge on any atom is 0.236 e. The summed E-state index contributed by atoms with van der Waals surface area (Å²) in [6.07, 6.45) is 1.69. The van der Waals surface area contributed by atoms with Gasteiger partial charge >= 0.3 is 0 Å². The first-order valence-corrected chi connectivity index (χ1v) is 4.86. The SMILES string of the molecule is C=CCN1C[C@H](C)[C@](C)(C(C)=O)C1=O. The quantitative estimate of drug-likeness (QED) is 0.502. The van der Waals surface area contributed by atoms with Crippen LogP contribution in [0, 0.1) is 11.3 Å². The first-order chi connectivity index (χ1) is 6.44. The third-order valence-corrected chi connectivity index (χ3v) is 3.29. The molecule has 14 heavy (non-hydrogen) atoms. The van der Waals surface area contributed by atoms with Gasteiger partial charge in [-0.15, -0.1) is 6.58 Å². The van der Waals surface area contributed by atoms with Crippen molar-refractivity contribution in [2.45, 2.75) is 20.8 Å². The zero-order chi connectivity index (χ0) is 10.9. The summed E-state index contributed by atoms with van der Waals surface area (Å²) in [6.45, 7) is 9.97. The number of rotatable bonds is 3. The molecule has 0 unspecified atom stereocenters. The molecule has 1 rings (SSSR count). The number of Topliss-reactive ketones (excluding diaryl/α,β-unsaturated/α-hetero) is 1. The van der Waals surface area contributed by atoms with Crippen LogP contribution in [0.3, 0.4) is 0 Å². The Labute approximate surface area is 84.8 Å². The van der Waals surface area contributed by atoms with E-state index in [-0.39, 0.29) is 17.6 Å². The fourth-order valence-corrected chi connectivity index (χ4v) is 1.95. The van der Waals surface area contributed by atoms with Crippen molar-refractivity contribution >= 4 is 11.7 Å². The molecule has 0 saturated carbocycles. The van der Waals surface area contributed by atoms with Gasteiger partial charge in [0, 0.05) is 13.1 Å². The van der Waals surface area contributed by atoms with E-state index in [2.05, 4.69) is 6.58 Å². The predicted molar refractivity (Wildman–Crippen MR) is 54.7 cm³/mol. The smallest absolute Gasteiger partial charge is 0.236 e. The number of carbonyl (C=O) groups is 2. The standard InChI is InChI=1S/C11H17NO2/c1-5-6-12-7-8(2)11(4,9(3)13)10(12)14/h5,8H,1,6-7H2,2-4H3/t8-,11+/m0/s1. The highest BCUT2D eigenvalue weighted by molar-refractivity contribution is 6.06. The van der Waals surface area contributed by atoms with E-state index >= 15 is 0 Å². The monoisotopic (exact) mass is 195 g/mol. The first kappa shape index (κ1) is 11.0.